The van der Waals surface area contributed by atoms with E-state index >= 15 is 0 Å². The van der Waals surface area contributed by atoms with Gasteiger partial charge in [0.1, 0.15) is 0 Å². The maximum absolute atomic E-state index is 13.4. The molecule has 0 bridgehead atoms. The third kappa shape index (κ3) is 2.78. The van der Waals surface area contributed by atoms with Crippen LogP contribution in [0.1, 0.15) is 40.7 Å². The van der Waals surface area contributed by atoms with Crippen molar-refractivity contribution in [2.75, 3.05) is 13.1 Å². The van der Waals surface area contributed by atoms with Gasteiger partial charge in [0.25, 0.3) is 22.2 Å². The standard InChI is InChI=1S/C21H22N4O3S/c1-15-9-11-16(12-10-15)20(26)24-21(23-13-5-2-6-14-23)25-19(22-24)17-7-3-4-8-18(17)29(25,27)28/h3-4,7-12,21H,2,5-6,13-14H2,1H3/p+1/t21-/m0/s1. The fourth-order valence-electron chi connectivity index (χ4n) is 4.40. The van der Waals surface area contributed by atoms with Crippen molar-refractivity contribution in [1.29, 1.82) is 0 Å². The van der Waals surface area contributed by atoms with E-state index in [1.807, 2.05) is 19.1 Å². The Morgan fingerprint density at radius 1 is 1.03 bits per heavy atom. The number of piperidine rings is 1. The van der Waals surface area contributed by atoms with Gasteiger partial charge in [-0.05, 0) is 50.5 Å². The summed E-state index contributed by atoms with van der Waals surface area (Å²) >= 11 is 0. The lowest BCUT2D eigenvalue weighted by Gasteiger charge is -2.35. The molecule has 1 fully saturated rings. The lowest BCUT2D eigenvalue weighted by molar-refractivity contribution is -0.947. The van der Waals surface area contributed by atoms with Crippen molar-refractivity contribution < 1.29 is 18.1 Å². The molecule has 1 atom stereocenters. The number of hydrogen-bond donors (Lipinski definition) is 1. The molecule has 8 heteroatoms. The van der Waals surface area contributed by atoms with Gasteiger partial charge in [-0.3, -0.25) is 9.69 Å². The summed E-state index contributed by atoms with van der Waals surface area (Å²) in [7, 11) is -3.75. The smallest absolute Gasteiger partial charge is 0.281 e. The van der Waals surface area contributed by atoms with Crippen LogP contribution in [0, 0.1) is 6.92 Å². The van der Waals surface area contributed by atoms with Crippen LogP contribution in [-0.4, -0.2) is 48.9 Å². The number of fused-ring (bicyclic) bond motifs is 3. The van der Waals surface area contributed by atoms with Crippen LogP contribution in [0.15, 0.2) is 58.5 Å². The Balaban J connectivity index is 1.62. The third-order valence-electron chi connectivity index (χ3n) is 5.90. The number of carbonyl (C=O) groups is 1. The molecule has 0 spiro atoms. The minimum Gasteiger partial charge on any atom is -0.295 e. The number of quaternary nitrogens is 1. The number of aryl methyl sites for hydroxylation is 1. The molecular weight excluding hydrogens is 388 g/mol. The van der Waals surface area contributed by atoms with Crippen molar-refractivity contribution in [3.05, 3.63) is 65.2 Å². The second kappa shape index (κ2) is 6.67. The Bertz CT molecular complexity index is 1110. The first-order chi connectivity index (χ1) is 14.0. The fourth-order valence-corrected chi connectivity index (χ4v) is 6.17. The molecular formula is C21H23N4O3S+. The van der Waals surface area contributed by atoms with E-state index < -0.39 is 16.3 Å². The van der Waals surface area contributed by atoms with E-state index in [9.17, 15) is 13.2 Å². The molecule has 3 aliphatic heterocycles. The van der Waals surface area contributed by atoms with Gasteiger partial charge in [-0.25, -0.2) is 8.42 Å². The first-order valence-electron chi connectivity index (χ1n) is 9.96. The molecule has 0 saturated carbocycles. The number of nitrogens with one attached hydrogen (secondary N) is 1. The van der Waals surface area contributed by atoms with Gasteiger partial charge >= 0.3 is 0 Å². The van der Waals surface area contributed by atoms with Crippen LogP contribution in [0.4, 0.5) is 0 Å². The molecule has 5 rings (SSSR count). The second-order valence-corrected chi connectivity index (χ2v) is 9.61. The zero-order valence-electron chi connectivity index (χ0n) is 16.2. The Kier molecular flexibility index (Phi) is 4.22. The number of carbonyl (C=O) groups excluding carboxylic acids is 1. The molecule has 0 unspecified atom stereocenters. The number of amides is 1. The molecule has 0 aliphatic carbocycles. The van der Waals surface area contributed by atoms with E-state index in [1.54, 1.807) is 36.4 Å². The maximum atomic E-state index is 13.4. The number of nitrogens with zero attached hydrogens (tertiary/aromatic N) is 3. The lowest BCUT2D eigenvalue weighted by atomic mass is 10.1. The van der Waals surface area contributed by atoms with Gasteiger partial charge in [0.15, 0.2) is 5.84 Å². The zero-order valence-corrected chi connectivity index (χ0v) is 17.0. The summed E-state index contributed by atoms with van der Waals surface area (Å²) in [6.07, 6.45) is 2.46. The maximum Gasteiger partial charge on any atom is 0.281 e. The van der Waals surface area contributed by atoms with Gasteiger partial charge in [0.05, 0.1) is 18.0 Å². The number of benzene rings is 2. The molecule has 7 nitrogen and oxygen atoms in total. The highest BCUT2D eigenvalue weighted by Gasteiger charge is 2.55. The Hall–Kier alpha value is -2.71. The molecule has 0 aromatic heterocycles. The van der Waals surface area contributed by atoms with E-state index in [0.29, 0.717) is 17.0 Å². The number of rotatable bonds is 2. The Morgan fingerprint density at radius 2 is 1.72 bits per heavy atom. The minimum atomic E-state index is -3.75. The fraction of sp³-hybridized carbons (Fsp3) is 0.333. The molecule has 2 aromatic carbocycles. The van der Waals surface area contributed by atoms with Crippen LogP contribution in [-0.2, 0) is 10.0 Å². The summed E-state index contributed by atoms with van der Waals surface area (Å²) in [6.45, 7) is 3.59. The first kappa shape index (κ1) is 18.3. The SMILES string of the molecule is Cc1ccc(C(=O)N2N=C3c4ccccc4S(=O)(=O)N3[C@H]2[NH+]2CCCCC2)cc1. The summed E-state index contributed by atoms with van der Waals surface area (Å²) in [5, 5.41) is 5.95. The van der Waals surface area contributed by atoms with Crippen molar-refractivity contribution in [3.63, 3.8) is 0 Å². The summed E-state index contributed by atoms with van der Waals surface area (Å²) in [5.74, 6) is 0.0757. The largest absolute Gasteiger partial charge is 0.295 e. The quantitative estimate of drug-likeness (QED) is 0.806. The summed E-state index contributed by atoms with van der Waals surface area (Å²) in [4.78, 5) is 14.7. The van der Waals surface area contributed by atoms with Crippen LogP contribution in [0.25, 0.3) is 0 Å². The predicted molar refractivity (Wildman–Crippen MR) is 108 cm³/mol. The van der Waals surface area contributed by atoms with Crippen LogP contribution in [0.2, 0.25) is 0 Å². The molecule has 29 heavy (non-hydrogen) atoms. The van der Waals surface area contributed by atoms with Crippen LogP contribution >= 0.6 is 0 Å². The highest BCUT2D eigenvalue weighted by atomic mass is 32.2. The van der Waals surface area contributed by atoms with Gasteiger partial charge in [-0.2, -0.15) is 9.31 Å². The van der Waals surface area contributed by atoms with E-state index in [0.717, 1.165) is 42.8 Å². The number of hydrogen-bond acceptors (Lipinski definition) is 4. The average Bonchev–Trinajstić information content (AvgIpc) is 3.24. The molecule has 3 heterocycles. The molecule has 150 valence electrons. The minimum absolute atomic E-state index is 0.266. The Labute approximate surface area is 170 Å². The van der Waals surface area contributed by atoms with Crippen molar-refractivity contribution in [2.24, 2.45) is 5.10 Å². The molecule has 1 N–H and O–H groups in total. The number of hydrazone groups is 1. The average molecular weight is 412 g/mol. The second-order valence-electron chi connectivity index (χ2n) is 7.83. The molecule has 2 aromatic rings. The summed E-state index contributed by atoms with van der Waals surface area (Å²) < 4.78 is 28.1. The lowest BCUT2D eigenvalue weighted by Crippen LogP contribution is -3.19. The number of sulfonamides is 1. The molecule has 3 aliphatic rings. The topological polar surface area (TPSA) is 74.5 Å². The number of amidine groups is 1. The highest BCUT2D eigenvalue weighted by molar-refractivity contribution is 7.90. The van der Waals surface area contributed by atoms with Gasteiger partial charge in [0, 0.05) is 11.1 Å². The van der Waals surface area contributed by atoms with Crippen molar-refractivity contribution in [2.45, 2.75) is 37.4 Å². The van der Waals surface area contributed by atoms with Crippen LogP contribution < -0.4 is 4.90 Å². The Morgan fingerprint density at radius 3 is 2.45 bits per heavy atom. The highest BCUT2D eigenvalue weighted by Crippen LogP contribution is 2.36. The summed E-state index contributed by atoms with van der Waals surface area (Å²) in [6, 6.07) is 14.2. The van der Waals surface area contributed by atoms with Crippen molar-refractivity contribution in [3.8, 4) is 0 Å². The third-order valence-corrected chi connectivity index (χ3v) is 7.70. The van der Waals surface area contributed by atoms with Crippen molar-refractivity contribution >= 4 is 21.8 Å². The van der Waals surface area contributed by atoms with Gasteiger partial charge < -0.3 is 0 Å². The van der Waals surface area contributed by atoms with Gasteiger partial charge in [-0.1, -0.05) is 29.8 Å². The summed E-state index contributed by atoms with van der Waals surface area (Å²) in [5.41, 5.74) is 2.13. The predicted octanol–water partition coefficient (Wildman–Crippen LogP) is 1.17. The molecule has 1 saturated heterocycles. The van der Waals surface area contributed by atoms with Gasteiger partial charge in [-0.15, -0.1) is 5.10 Å². The van der Waals surface area contributed by atoms with Crippen LogP contribution in [0.5, 0.6) is 0 Å². The van der Waals surface area contributed by atoms with Crippen molar-refractivity contribution in [1.82, 2.24) is 9.31 Å². The monoisotopic (exact) mass is 411 g/mol. The van der Waals surface area contributed by atoms with Crippen LogP contribution in [0.3, 0.4) is 0 Å². The zero-order chi connectivity index (χ0) is 20.2. The number of likely N-dealkylation sites (tertiary alicyclic amines) is 1. The van der Waals surface area contributed by atoms with E-state index in [4.69, 9.17) is 0 Å². The first-order valence-corrected chi connectivity index (χ1v) is 11.4. The van der Waals surface area contributed by atoms with Gasteiger partial charge in [0.2, 0.25) is 0 Å². The molecule has 1 amide bonds. The van der Waals surface area contributed by atoms with E-state index in [2.05, 4.69) is 5.10 Å². The normalized spacial score (nSPS) is 22.9. The molecule has 0 radical (unpaired) electrons. The van der Waals surface area contributed by atoms with E-state index in [-0.39, 0.29) is 10.8 Å². The van der Waals surface area contributed by atoms with E-state index in [1.165, 1.54) is 9.31 Å².